The number of nitrogens with zero attached hydrogens (tertiary/aromatic N) is 1. The van der Waals surface area contributed by atoms with E-state index < -0.39 is 0 Å². The van der Waals surface area contributed by atoms with Crippen molar-refractivity contribution in [1.82, 2.24) is 10.3 Å². The highest BCUT2D eigenvalue weighted by molar-refractivity contribution is 7.09. The molecule has 0 bridgehead atoms. The van der Waals surface area contributed by atoms with E-state index in [9.17, 15) is 4.79 Å². The fourth-order valence-corrected chi connectivity index (χ4v) is 3.90. The zero-order chi connectivity index (χ0) is 15.3. The van der Waals surface area contributed by atoms with Crippen LogP contribution in [0.4, 0.5) is 0 Å². The standard InChI is InChI=1S/C16H27N3OS/c1-12(2)13-10-21-15(19-13)9-18-14(20)8-16(11-17)6-4-3-5-7-16/h10,12H,3-9,11,17H2,1-2H3,(H,18,20). The van der Waals surface area contributed by atoms with Gasteiger partial charge in [0, 0.05) is 11.8 Å². The van der Waals surface area contributed by atoms with Crippen molar-refractivity contribution in [2.45, 2.75) is 64.8 Å². The second-order valence-electron chi connectivity index (χ2n) is 6.54. The van der Waals surface area contributed by atoms with Crippen molar-refractivity contribution in [3.63, 3.8) is 0 Å². The van der Waals surface area contributed by atoms with Crippen LogP contribution in [-0.2, 0) is 11.3 Å². The number of carbonyl (C=O) groups excluding carboxylic acids is 1. The molecule has 1 aromatic rings. The average Bonchev–Trinajstić information content (AvgIpc) is 2.95. The molecule has 1 heterocycles. The van der Waals surface area contributed by atoms with Gasteiger partial charge in [0.25, 0.3) is 0 Å². The SMILES string of the molecule is CC(C)c1csc(CNC(=O)CC2(CN)CCCCC2)n1. The molecule has 21 heavy (non-hydrogen) atoms. The highest BCUT2D eigenvalue weighted by Gasteiger charge is 2.32. The first-order chi connectivity index (χ1) is 10.0. The number of hydrogen-bond donors (Lipinski definition) is 2. The Morgan fingerprint density at radius 3 is 2.71 bits per heavy atom. The maximum Gasteiger partial charge on any atom is 0.220 e. The largest absolute Gasteiger partial charge is 0.350 e. The summed E-state index contributed by atoms with van der Waals surface area (Å²) in [6, 6.07) is 0. The highest BCUT2D eigenvalue weighted by Crippen LogP contribution is 2.38. The fourth-order valence-electron chi connectivity index (χ4n) is 3.00. The summed E-state index contributed by atoms with van der Waals surface area (Å²) in [6.45, 7) is 5.42. The Labute approximate surface area is 131 Å². The number of aromatic nitrogens is 1. The molecule has 3 N–H and O–H groups in total. The first-order valence-electron chi connectivity index (χ1n) is 7.96. The van der Waals surface area contributed by atoms with Gasteiger partial charge in [0.05, 0.1) is 12.2 Å². The Kier molecular flexibility index (Phi) is 5.76. The molecule has 1 fully saturated rings. The predicted molar refractivity (Wildman–Crippen MR) is 87.2 cm³/mol. The van der Waals surface area contributed by atoms with Gasteiger partial charge < -0.3 is 11.1 Å². The van der Waals surface area contributed by atoms with E-state index >= 15 is 0 Å². The maximum atomic E-state index is 12.2. The van der Waals surface area contributed by atoms with E-state index in [0.717, 1.165) is 23.5 Å². The third kappa shape index (κ3) is 4.51. The molecule has 118 valence electrons. The van der Waals surface area contributed by atoms with Crippen LogP contribution in [-0.4, -0.2) is 17.4 Å². The number of nitrogens with one attached hydrogen (secondary N) is 1. The molecular weight excluding hydrogens is 282 g/mol. The molecule has 0 saturated heterocycles. The van der Waals surface area contributed by atoms with E-state index in [1.807, 2.05) is 0 Å². The molecule has 0 aromatic carbocycles. The van der Waals surface area contributed by atoms with Crippen LogP contribution in [0.5, 0.6) is 0 Å². The number of nitrogens with two attached hydrogens (primary N) is 1. The van der Waals surface area contributed by atoms with Gasteiger partial charge in [-0.25, -0.2) is 4.98 Å². The van der Waals surface area contributed by atoms with Gasteiger partial charge in [-0.2, -0.15) is 0 Å². The van der Waals surface area contributed by atoms with Crippen LogP contribution in [0.1, 0.15) is 69.0 Å². The number of thiazole rings is 1. The lowest BCUT2D eigenvalue weighted by Gasteiger charge is -2.35. The summed E-state index contributed by atoms with van der Waals surface area (Å²) < 4.78 is 0. The maximum absolute atomic E-state index is 12.2. The van der Waals surface area contributed by atoms with Crippen LogP contribution >= 0.6 is 11.3 Å². The van der Waals surface area contributed by atoms with Gasteiger partial charge in [0.2, 0.25) is 5.91 Å². The van der Waals surface area contributed by atoms with Crippen molar-refractivity contribution in [1.29, 1.82) is 0 Å². The van der Waals surface area contributed by atoms with E-state index in [1.165, 1.54) is 19.3 Å². The molecule has 0 aliphatic heterocycles. The minimum Gasteiger partial charge on any atom is -0.350 e. The molecule has 0 atom stereocenters. The molecule has 1 aliphatic carbocycles. The van der Waals surface area contributed by atoms with Crippen molar-refractivity contribution in [3.05, 3.63) is 16.1 Å². The third-order valence-electron chi connectivity index (χ3n) is 4.48. The molecule has 0 spiro atoms. The number of hydrogen-bond acceptors (Lipinski definition) is 4. The molecule has 2 rings (SSSR count). The highest BCUT2D eigenvalue weighted by atomic mass is 32.1. The van der Waals surface area contributed by atoms with Gasteiger partial charge in [-0.05, 0) is 30.7 Å². The van der Waals surface area contributed by atoms with Crippen LogP contribution in [0.15, 0.2) is 5.38 Å². The number of amides is 1. The Hall–Kier alpha value is -0.940. The van der Waals surface area contributed by atoms with Gasteiger partial charge in [-0.15, -0.1) is 11.3 Å². The summed E-state index contributed by atoms with van der Waals surface area (Å²) in [5, 5.41) is 6.07. The van der Waals surface area contributed by atoms with Crippen molar-refractivity contribution < 1.29 is 4.79 Å². The van der Waals surface area contributed by atoms with Crippen molar-refractivity contribution in [2.24, 2.45) is 11.1 Å². The quantitative estimate of drug-likeness (QED) is 0.848. The van der Waals surface area contributed by atoms with Crippen LogP contribution in [0.2, 0.25) is 0 Å². The minimum atomic E-state index is 0.0360. The molecule has 1 aromatic heterocycles. The van der Waals surface area contributed by atoms with Gasteiger partial charge in [0.15, 0.2) is 0 Å². The second-order valence-corrected chi connectivity index (χ2v) is 7.48. The first kappa shape index (κ1) is 16.4. The fraction of sp³-hybridized carbons (Fsp3) is 0.750. The molecule has 1 aliphatic rings. The van der Waals surface area contributed by atoms with Gasteiger partial charge >= 0.3 is 0 Å². The summed E-state index contributed by atoms with van der Waals surface area (Å²) in [5.74, 6) is 0.553. The van der Waals surface area contributed by atoms with Crippen molar-refractivity contribution in [2.75, 3.05) is 6.54 Å². The average molecular weight is 309 g/mol. The Morgan fingerprint density at radius 2 is 2.14 bits per heavy atom. The first-order valence-corrected chi connectivity index (χ1v) is 8.84. The van der Waals surface area contributed by atoms with Crippen LogP contribution in [0, 0.1) is 5.41 Å². The molecule has 0 unspecified atom stereocenters. The summed E-state index contributed by atoms with van der Waals surface area (Å²) in [6.07, 6.45) is 6.42. The van der Waals surface area contributed by atoms with Gasteiger partial charge in [0.1, 0.15) is 5.01 Å². The molecule has 5 heteroatoms. The van der Waals surface area contributed by atoms with Gasteiger partial charge in [-0.3, -0.25) is 4.79 Å². The Bertz CT molecular complexity index is 464. The van der Waals surface area contributed by atoms with Crippen LogP contribution < -0.4 is 11.1 Å². The normalized spacial score (nSPS) is 17.9. The molecule has 1 saturated carbocycles. The summed E-state index contributed by atoms with van der Waals surface area (Å²) >= 11 is 1.62. The smallest absolute Gasteiger partial charge is 0.220 e. The zero-order valence-electron chi connectivity index (χ0n) is 13.2. The Morgan fingerprint density at radius 1 is 1.43 bits per heavy atom. The lowest BCUT2D eigenvalue weighted by molar-refractivity contribution is -0.124. The van der Waals surface area contributed by atoms with Crippen LogP contribution in [0.25, 0.3) is 0 Å². The van der Waals surface area contributed by atoms with E-state index in [2.05, 4.69) is 29.5 Å². The summed E-state index contributed by atoms with van der Waals surface area (Å²) in [4.78, 5) is 16.7. The molecular formula is C16H27N3OS. The van der Waals surface area contributed by atoms with E-state index in [0.29, 0.717) is 25.4 Å². The second kappa shape index (κ2) is 7.36. The van der Waals surface area contributed by atoms with Crippen molar-refractivity contribution >= 4 is 17.2 Å². The predicted octanol–water partition coefficient (Wildman–Crippen LogP) is 3.18. The summed E-state index contributed by atoms with van der Waals surface area (Å²) in [7, 11) is 0. The minimum absolute atomic E-state index is 0.0360. The Balaban J connectivity index is 1.83. The van der Waals surface area contributed by atoms with Gasteiger partial charge in [-0.1, -0.05) is 33.1 Å². The van der Waals surface area contributed by atoms with E-state index in [4.69, 9.17) is 5.73 Å². The monoisotopic (exact) mass is 309 g/mol. The molecule has 0 radical (unpaired) electrons. The topological polar surface area (TPSA) is 68.0 Å². The number of carbonyl (C=O) groups is 1. The zero-order valence-corrected chi connectivity index (χ0v) is 14.0. The molecule has 4 nitrogen and oxygen atoms in total. The molecule has 1 amide bonds. The van der Waals surface area contributed by atoms with Crippen molar-refractivity contribution in [3.8, 4) is 0 Å². The van der Waals surface area contributed by atoms with Crippen LogP contribution in [0.3, 0.4) is 0 Å². The third-order valence-corrected chi connectivity index (χ3v) is 5.35. The lowest BCUT2D eigenvalue weighted by Crippen LogP contribution is -2.38. The lowest BCUT2D eigenvalue weighted by atomic mass is 9.72. The summed E-state index contributed by atoms with van der Waals surface area (Å²) in [5.41, 5.74) is 7.08. The van der Waals surface area contributed by atoms with E-state index in [-0.39, 0.29) is 11.3 Å². The number of rotatable bonds is 6. The van der Waals surface area contributed by atoms with E-state index in [1.54, 1.807) is 11.3 Å².